The summed E-state index contributed by atoms with van der Waals surface area (Å²) in [6, 6.07) is 7.73. The third-order valence-electron chi connectivity index (χ3n) is 1.72. The molecular formula is C11H15. The van der Waals surface area contributed by atoms with Crippen LogP contribution in [0, 0.1) is 19.9 Å². The Bertz CT molecular complexity index is 216. The van der Waals surface area contributed by atoms with Crippen LogP contribution < -0.4 is 0 Å². The quantitative estimate of drug-likeness (QED) is 0.603. The average molecular weight is 147 g/mol. The van der Waals surface area contributed by atoms with Crippen LogP contribution in [0.1, 0.15) is 30.0 Å². The van der Waals surface area contributed by atoms with E-state index in [1.807, 2.05) is 0 Å². The van der Waals surface area contributed by atoms with Crippen molar-refractivity contribution >= 4 is 0 Å². The first-order chi connectivity index (χ1) is 5.22. The maximum Gasteiger partial charge on any atom is -0.0117 e. The van der Waals surface area contributed by atoms with Gasteiger partial charge in [0.2, 0.25) is 0 Å². The van der Waals surface area contributed by atoms with Gasteiger partial charge in [-0.05, 0) is 37.5 Å². The minimum Gasteiger partial charge on any atom is -0.0651 e. The van der Waals surface area contributed by atoms with Crippen LogP contribution in [0.25, 0.3) is 0 Å². The molecule has 0 saturated heterocycles. The minimum atomic E-state index is 1.16. The fraction of sp³-hybridized carbons (Fsp3) is 0.455. The summed E-state index contributed by atoms with van der Waals surface area (Å²) in [5, 5.41) is 0. The van der Waals surface area contributed by atoms with Gasteiger partial charge >= 0.3 is 0 Å². The topological polar surface area (TPSA) is 0 Å². The number of hydrogen-bond donors (Lipinski definition) is 0. The van der Waals surface area contributed by atoms with Gasteiger partial charge in [0.05, 0.1) is 0 Å². The lowest BCUT2D eigenvalue weighted by atomic mass is 10.0. The van der Waals surface area contributed by atoms with Crippen molar-refractivity contribution in [3.8, 4) is 0 Å². The average Bonchev–Trinajstić information content (AvgIpc) is 1.85. The molecule has 0 atom stereocenters. The van der Waals surface area contributed by atoms with Crippen LogP contribution in [0.3, 0.4) is 0 Å². The van der Waals surface area contributed by atoms with E-state index in [1.165, 1.54) is 23.1 Å². The Morgan fingerprint density at radius 1 is 1.27 bits per heavy atom. The molecule has 0 aliphatic carbocycles. The van der Waals surface area contributed by atoms with Gasteiger partial charge < -0.3 is 0 Å². The second-order valence-electron chi connectivity index (χ2n) is 3.12. The van der Waals surface area contributed by atoms with Gasteiger partial charge in [-0.25, -0.2) is 0 Å². The van der Waals surface area contributed by atoms with E-state index < -0.39 is 0 Å². The van der Waals surface area contributed by atoms with E-state index in [4.69, 9.17) is 0 Å². The van der Waals surface area contributed by atoms with E-state index in [9.17, 15) is 0 Å². The van der Waals surface area contributed by atoms with Crippen molar-refractivity contribution in [1.29, 1.82) is 0 Å². The van der Waals surface area contributed by atoms with Crippen molar-refractivity contribution in [2.75, 3.05) is 0 Å². The summed E-state index contributed by atoms with van der Waals surface area (Å²) in [7, 11) is 0. The predicted octanol–water partition coefficient (Wildman–Crippen LogP) is 3.06. The lowest BCUT2D eigenvalue weighted by Crippen LogP contribution is -1.86. The zero-order valence-corrected chi connectivity index (χ0v) is 7.57. The first-order valence-electron chi connectivity index (χ1n) is 4.22. The van der Waals surface area contributed by atoms with E-state index in [-0.39, 0.29) is 0 Å². The Kier molecular flexibility index (Phi) is 2.70. The van der Waals surface area contributed by atoms with Crippen LogP contribution in [-0.4, -0.2) is 0 Å². The molecule has 59 valence electrons. The Labute approximate surface area is 69.3 Å². The van der Waals surface area contributed by atoms with E-state index in [1.54, 1.807) is 0 Å². The van der Waals surface area contributed by atoms with Crippen LogP contribution in [-0.2, 0) is 6.42 Å². The molecule has 1 rings (SSSR count). The van der Waals surface area contributed by atoms with Gasteiger partial charge in [-0.2, -0.15) is 0 Å². The van der Waals surface area contributed by atoms with Gasteiger partial charge in [0.25, 0.3) is 0 Å². The fourth-order valence-electron chi connectivity index (χ4n) is 1.39. The van der Waals surface area contributed by atoms with Gasteiger partial charge in [0.1, 0.15) is 0 Å². The SMILES string of the molecule is CCCc1[c]c(C)cc(C)c1. The van der Waals surface area contributed by atoms with Crippen LogP contribution in [0.5, 0.6) is 0 Å². The smallest absolute Gasteiger partial charge is 0.0117 e. The summed E-state index contributed by atoms with van der Waals surface area (Å²) in [6.45, 7) is 6.44. The Balaban J connectivity index is 2.89. The molecule has 0 unspecified atom stereocenters. The molecule has 0 aromatic heterocycles. The van der Waals surface area contributed by atoms with Crippen LogP contribution in [0.2, 0.25) is 0 Å². The van der Waals surface area contributed by atoms with E-state index in [0.717, 1.165) is 6.42 Å². The molecule has 0 heterocycles. The molecule has 0 heteroatoms. The molecule has 0 amide bonds. The van der Waals surface area contributed by atoms with Crippen molar-refractivity contribution in [3.05, 3.63) is 34.9 Å². The number of hydrogen-bond acceptors (Lipinski definition) is 0. The van der Waals surface area contributed by atoms with Gasteiger partial charge in [0, 0.05) is 0 Å². The minimum absolute atomic E-state index is 1.16. The van der Waals surface area contributed by atoms with Crippen molar-refractivity contribution in [3.63, 3.8) is 0 Å². The largest absolute Gasteiger partial charge is 0.0651 e. The normalized spacial score (nSPS) is 10.1. The molecule has 0 aliphatic rings. The maximum atomic E-state index is 3.35. The molecule has 11 heavy (non-hydrogen) atoms. The summed E-state index contributed by atoms with van der Waals surface area (Å²) in [4.78, 5) is 0. The van der Waals surface area contributed by atoms with Crippen LogP contribution in [0.15, 0.2) is 12.1 Å². The summed E-state index contributed by atoms with van der Waals surface area (Å²) < 4.78 is 0. The highest BCUT2D eigenvalue weighted by Crippen LogP contribution is 2.09. The molecule has 0 spiro atoms. The van der Waals surface area contributed by atoms with Crippen LogP contribution >= 0.6 is 0 Å². The standard InChI is InChI=1S/C11H15/c1-4-5-11-7-9(2)6-10(3)8-11/h6-7H,4-5H2,1-3H3. The van der Waals surface area contributed by atoms with Gasteiger partial charge in [-0.1, -0.05) is 31.0 Å². The van der Waals surface area contributed by atoms with E-state index >= 15 is 0 Å². The van der Waals surface area contributed by atoms with Crippen molar-refractivity contribution in [1.82, 2.24) is 0 Å². The van der Waals surface area contributed by atoms with E-state index in [0.29, 0.717) is 0 Å². The summed E-state index contributed by atoms with van der Waals surface area (Å²) in [5.41, 5.74) is 3.96. The monoisotopic (exact) mass is 147 g/mol. The first-order valence-corrected chi connectivity index (χ1v) is 4.22. The number of aryl methyl sites for hydroxylation is 3. The number of benzene rings is 1. The molecule has 1 radical (unpaired) electrons. The molecule has 0 fully saturated rings. The third kappa shape index (κ3) is 2.38. The highest BCUT2D eigenvalue weighted by molar-refractivity contribution is 5.27. The molecular weight excluding hydrogens is 132 g/mol. The Morgan fingerprint density at radius 3 is 2.55 bits per heavy atom. The van der Waals surface area contributed by atoms with Crippen LogP contribution in [0.4, 0.5) is 0 Å². The second kappa shape index (κ2) is 3.56. The molecule has 0 N–H and O–H groups in total. The molecule has 1 aromatic carbocycles. The maximum absolute atomic E-state index is 3.35. The third-order valence-corrected chi connectivity index (χ3v) is 1.72. The zero-order chi connectivity index (χ0) is 8.27. The zero-order valence-electron chi connectivity index (χ0n) is 7.57. The Hall–Kier alpha value is -0.780. The summed E-state index contributed by atoms with van der Waals surface area (Å²) >= 11 is 0. The molecule has 0 bridgehead atoms. The van der Waals surface area contributed by atoms with Gasteiger partial charge in [-0.15, -0.1) is 0 Å². The molecule has 0 saturated carbocycles. The summed E-state index contributed by atoms with van der Waals surface area (Å²) in [5.74, 6) is 0. The number of rotatable bonds is 2. The molecule has 0 aliphatic heterocycles. The summed E-state index contributed by atoms with van der Waals surface area (Å²) in [6.07, 6.45) is 2.36. The lowest BCUT2D eigenvalue weighted by molar-refractivity contribution is 0.916. The Morgan fingerprint density at radius 2 is 2.00 bits per heavy atom. The van der Waals surface area contributed by atoms with Crippen molar-refractivity contribution in [2.24, 2.45) is 0 Å². The van der Waals surface area contributed by atoms with Gasteiger partial charge in [0.15, 0.2) is 0 Å². The first kappa shape index (κ1) is 8.32. The van der Waals surface area contributed by atoms with E-state index in [2.05, 4.69) is 39.0 Å². The predicted molar refractivity (Wildman–Crippen MR) is 48.7 cm³/mol. The highest BCUT2D eigenvalue weighted by Gasteiger charge is 1.94. The highest BCUT2D eigenvalue weighted by atomic mass is 14.0. The van der Waals surface area contributed by atoms with Gasteiger partial charge in [-0.3, -0.25) is 0 Å². The fourth-order valence-corrected chi connectivity index (χ4v) is 1.39. The second-order valence-corrected chi connectivity index (χ2v) is 3.12. The molecule has 1 aromatic rings. The van der Waals surface area contributed by atoms with Crippen molar-refractivity contribution < 1.29 is 0 Å². The lowest BCUT2D eigenvalue weighted by Gasteiger charge is -2.01. The molecule has 0 nitrogen and oxygen atoms in total. The van der Waals surface area contributed by atoms with Crippen molar-refractivity contribution in [2.45, 2.75) is 33.6 Å².